The quantitative estimate of drug-likeness (QED) is 0.545. The molecule has 0 unspecified atom stereocenters. The lowest BCUT2D eigenvalue weighted by molar-refractivity contribution is 0.325. The van der Waals surface area contributed by atoms with Crippen LogP contribution in [0.3, 0.4) is 0 Å². The van der Waals surface area contributed by atoms with Crippen molar-refractivity contribution in [3.63, 3.8) is 0 Å². The molecule has 4 heterocycles. The van der Waals surface area contributed by atoms with Crippen LogP contribution >= 0.6 is 0 Å². The fraction of sp³-hybridized carbons (Fsp3) is 0.286. The van der Waals surface area contributed by atoms with Crippen LogP contribution in [0.5, 0.6) is 0 Å². The van der Waals surface area contributed by atoms with E-state index < -0.39 is 0 Å². The number of pyridine rings is 2. The Kier molecular flexibility index (Phi) is 4.19. The van der Waals surface area contributed by atoms with Crippen molar-refractivity contribution in [1.29, 1.82) is 5.26 Å². The fourth-order valence-corrected chi connectivity index (χ4v) is 3.19. The van der Waals surface area contributed by atoms with E-state index in [2.05, 4.69) is 47.0 Å². The molecule has 0 spiro atoms. The number of nitriles is 1. The van der Waals surface area contributed by atoms with Gasteiger partial charge in [-0.2, -0.15) is 15.5 Å². The number of rotatable bonds is 3. The van der Waals surface area contributed by atoms with Crippen molar-refractivity contribution >= 4 is 5.65 Å². The molecule has 4 aromatic heterocycles. The molecule has 0 aliphatic heterocycles. The van der Waals surface area contributed by atoms with Crippen LogP contribution < -0.4 is 0 Å². The Hall–Kier alpha value is -3.53. The topological polar surface area (TPSA) is 84.7 Å². The highest BCUT2D eigenvalue weighted by atomic mass is 15.3. The summed E-state index contributed by atoms with van der Waals surface area (Å²) in [4.78, 5) is 9.01. The lowest BCUT2D eigenvalue weighted by Crippen LogP contribution is -2.15. The molecular weight excluding hydrogens is 350 g/mol. The number of aromatic nitrogens is 6. The summed E-state index contributed by atoms with van der Waals surface area (Å²) in [6.07, 6.45) is 5.73. The molecule has 0 aliphatic carbocycles. The molecule has 7 heteroatoms. The molecule has 4 rings (SSSR count). The molecule has 0 saturated carbocycles. The predicted molar refractivity (Wildman–Crippen MR) is 106 cm³/mol. The summed E-state index contributed by atoms with van der Waals surface area (Å²) in [5.41, 5.74) is 4.76. The Bertz CT molecular complexity index is 1200. The van der Waals surface area contributed by atoms with Crippen LogP contribution in [-0.4, -0.2) is 29.4 Å². The van der Waals surface area contributed by atoms with Crippen LogP contribution in [0.2, 0.25) is 0 Å². The molecule has 0 atom stereocenters. The highest BCUT2D eigenvalue weighted by Gasteiger charge is 2.16. The highest BCUT2D eigenvalue weighted by molar-refractivity contribution is 5.81. The predicted octanol–water partition coefficient (Wildman–Crippen LogP) is 3.88. The third-order valence-electron chi connectivity index (χ3n) is 4.31. The Morgan fingerprint density at radius 3 is 2.68 bits per heavy atom. The minimum Gasteiger partial charge on any atom is -0.272 e. The van der Waals surface area contributed by atoms with Gasteiger partial charge in [0.05, 0.1) is 11.9 Å². The number of hydrogen-bond acceptors (Lipinski definition) is 5. The lowest BCUT2D eigenvalue weighted by atomic mass is 9.97. The molecule has 0 aliphatic rings. The SMILES string of the molecule is Cc1nc2cc(-c3nc(C#N)ccc3-c3cnn(CC(C)(C)C)c3)ccn2n1. The Balaban J connectivity index is 1.83. The van der Waals surface area contributed by atoms with Gasteiger partial charge in [-0.25, -0.2) is 14.5 Å². The number of fused-ring (bicyclic) bond motifs is 1. The van der Waals surface area contributed by atoms with Crippen molar-refractivity contribution in [3.05, 3.63) is 54.4 Å². The van der Waals surface area contributed by atoms with Crippen LogP contribution in [0, 0.1) is 23.7 Å². The van der Waals surface area contributed by atoms with Gasteiger partial charge in [0.2, 0.25) is 0 Å². The summed E-state index contributed by atoms with van der Waals surface area (Å²) >= 11 is 0. The maximum Gasteiger partial charge on any atom is 0.156 e. The molecule has 28 heavy (non-hydrogen) atoms. The van der Waals surface area contributed by atoms with Crippen molar-refractivity contribution in [1.82, 2.24) is 29.4 Å². The van der Waals surface area contributed by atoms with Crippen molar-refractivity contribution in [2.24, 2.45) is 5.41 Å². The van der Waals surface area contributed by atoms with E-state index in [0.717, 1.165) is 34.6 Å². The molecule has 0 saturated heterocycles. The zero-order chi connectivity index (χ0) is 19.9. The first kappa shape index (κ1) is 17.9. The summed E-state index contributed by atoms with van der Waals surface area (Å²) < 4.78 is 3.68. The molecule has 0 radical (unpaired) electrons. The van der Waals surface area contributed by atoms with Crippen molar-refractivity contribution < 1.29 is 0 Å². The maximum atomic E-state index is 9.32. The maximum absolute atomic E-state index is 9.32. The highest BCUT2D eigenvalue weighted by Crippen LogP contribution is 2.31. The molecule has 0 amide bonds. The van der Waals surface area contributed by atoms with E-state index in [4.69, 9.17) is 0 Å². The molecule has 7 nitrogen and oxygen atoms in total. The van der Waals surface area contributed by atoms with Gasteiger partial charge in [-0.3, -0.25) is 4.68 Å². The monoisotopic (exact) mass is 371 g/mol. The largest absolute Gasteiger partial charge is 0.272 e. The van der Waals surface area contributed by atoms with Crippen molar-refractivity contribution in [2.45, 2.75) is 34.2 Å². The van der Waals surface area contributed by atoms with E-state index in [1.807, 2.05) is 48.4 Å². The Labute approximate surface area is 163 Å². The Morgan fingerprint density at radius 1 is 1.11 bits per heavy atom. The molecule has 0 fully saturated rings. The standard InChI is InChI=1S/C21H21N7/c1-14-24-19-9-15(7-8-28(19)26-14)20-18(6-5-17(10-22)25-20)16-11-23-27(12-16)13-21(2,3)4/h5-9,11-12H,13H2,1-4H3. The number of nitrogens with zero attached hydrogens (tertiary/aromatic N) is 7. The van der Waals surface area contributed by atoms with E-state index in [1.165, 1.54) is 0 Å². The summed E-state index contributed by atoms with van der Waals surface area (Å²) in [5, 5.41) is 18.1. The van der Waals surface area contributed by atoms with Crippen LogP contribution in [-0.2, 0) is 6.54 Å². The molecule has 0 bridgehead atoms. The molecule has 4 aromatic rings. The minimum atomic E-state index is 0.131. The zero-order valence-corrected chi connectivity index (χ0v) is 16.4. The summed E-state index contributed by atoms with van der Waals surface area (Å²) in [6, 6.07) is 9.67. The first-order valence-electron chi connectivity index (χ1n) is 9.10. The van der Waals surface area contributed by atoms with Crippen LogP contribution in [0.25, 0.3) is 28.0 Å². The van der Waals surface area contributed by atoms with Gasteiger partial charge in [0.25, 0.3) is 0 Å². The van der Waals surface area contributed by atoms with Gasteiger partial charge >= 0.3 is 0 Å². The third-order valence-corrected chi connectivity index (χ3v) is 4.31. The first-order chi connectivity index (χ1) is 13.3. The van der Waals surface area contributed by atoms with E-state index >= 15 is 0 Å². The van der Waals surface area contributed by atoms with Crippen LogP contribution in [0.15, 0.2) is 42.9 Å². The normalized spacial score (nSPS) is 11.7. The zero-order valence-electron chi connectivity index (χ0n) is 16.4. The second kappa shape index (κ2) is 6.57. The summed E-state index contributed by atoms with van der Waals surface area (Å²) in [5.74, 6) is 0.708. The van der Waals surface area contributed by atoms with E-state index in [9.17, 15) is 5.26 Å². The smallest absolute Gasteiger partial charge is 0.156 e. The van der Waals surface area contributed by atoms with Gasteiger partial charge in [-0.05, 0) is 36.6 Å². The molecular formula is C21H21N7. The van der Waals surface area contributed by atoms with Crippen molar-refractivity contribution in [2.75, 3.05) is 0 Å². The summed E-state index contributed by atoms with van der Waals surface area (Å²) in [7, 11) is 0. The first-order valence-corrected chi connectivity index (χ1v) is 9.10. The molecule has 0 aromatic carbocycles. The minimum absolute atomic E-state index is 0.131. The summed E-state index contributed by atoms with van der Waals surface area (Å²) in [6.45, 7) is 9.21. The van der Waals surface area contributed by atoms with E-state index in [0.29, 0.717) is 11.5 Å². The molecule has 140 valence electrons. The second-order valence-corrected chi connectivity index (χ2v) is 8.07. The average Bonchev–Trinajstić information content (AvgIpc) is 3.24. The Morgan fingerprint density at radius 2 is 1.93 bits per heavy atom. The van der Waals surface area contributed by atoms with E-state index in [-0.39, 0.29) is 5.41 Å². The van der Waals surface area contributed by atoms with Gasteiger partial charge in [0.15, 0.2) is 5.65 Å². The van der Waals surface area contributed by atoms with Gasteiger partial charge in [0, 0.05) is 35.6 Å². The van der Waals surface area contributed by atoms with Gasteiger partial charge in [0.1, 0.15) is 17.6 Å². The van der Waals surface area contributed by atoms with Gasteiger partial charge in [-0.15, -0.1) is 0 Å². The lowest BCUT2D eigenvalue weighted by Gasteiger charge is -2.17. The second-order valence-electron chi connectivity index (χ2n) is 8.07. The number of aryl methyl sites for hydroxylation is 1. The fourth-order valence-electron chi connectivity index (χ4n) is 3.19. The van der Waals surface area contributed by atoms with Crippen LogP contribution in [0.1, 0.15) is 32.3 Å². The average molecular weight is 371 g/mol. The van der Waals surface area contributed by atoms with Gasteiger partial charge < -0.3 is 0 Å². The number of hydrogen-bond donors (Lipinski definition) is 0. The van der Waals surface area contributed by atoms with Gasteiger partial charge in [-0.1, -0.05) is 20.8 Å². The third kappa shape index (κ3) is 3.49. The molecule has 0 N–H and O–H groups in total. The van der Waals surface area contributed by atoms with Crippen LogP contribution in [0.4, 0.5) is 0 Å². The van der Waals surface area contributed by atoms with E-state index in [1.54, 1.807) is 10.6 Å². The van der Waals surface area contributed by atoms with Crippen molar-refractivity contribution in [3.8, 4) is 28.5 Å².